The van der Waals surface area contributed by atoms with Crippen molar-refractivity contribution >= 4 is 55.7 Å². The largest absolute Gasteiger partial charge is 0.309 e. The van der Waals surface area contributed by atoms with Crippen LogP contribution in [0.2, 0.25) is 0 Å². The topological polar surface area (TPSA) is 6.48 Å². The molecule has 2 heteroatoms. The smallest absolute Gasteiger partial charge is 0.0620 e. The second-order valence-electron chi connectivity index (χ2n) is 16.7. The van der Waals surface area contributed by atoms with Gasteiger partial charge < -0.3 is 9.80 Å². The maximum atomic E-state index is 2.49. The van der Waals surface area contributed by atoms with Crippen molar-refractivity contribution in [1.29, 1.82) is 0 Å². The van der Waals surface area contributed by atoms with Gasteiger partial charge in [0.05, 0.1) is 11.4 Å². The number of nitrogens with zero attached hydrogens (tertiary/aromatic N) is 2. The van der Waals surface area contributed by atoms with Crippen molar-refractivity contribution in [2.24, 2.45) is 0 Å². The zero-order chi connectivity index (χ0) is 36.9. The monoisotopic (exact) mass is 680 g/mol. The van der Waals surface area contributed by atoms with Gasteiger partial charge in [-0.1, -0.05) is 137 Å². The molecule has 7 aromatic carbocycles. The molecule has 52 heavy (non-hydrogen) atoms. The summed E-state index contributed by atoms with van der Waals surface area (Å²) < 4.78 is 0. The lowest BCUT2D eigenvalue weighted by Crippen LogP contribution is -2.17. The van der Waals surface area contributed by atoms with Crippen molar-refractivity contribution in [3.8, 4) is 0 Å². The van der Waals surface area contributed by atoms with Gasteiger partial charge in [-0.15, -0.1) is 0 Å². The van der Waals surface area contributed by atoms with Gasteiger partial charge in [-0.3, -0.25) is 0 Å². The normalized spacial score (nSPS) is 12.0. The first-order valence-corrected chi connectivity index (χ1v) is 18.6. The van der Waals surface area contributed by atoms with Gasteiger partial charge in [-0.25, -0.2) is 0 Å². The minimum absolute atomic E-state index is 0.0417. The van der Waals surface area contributed by atoms with Gasteiger partial charge >= 0.3 is 0 Å². The van der Waals surface area contributed by atoms with Crippen molar-refractivity contribution in [2.75, 3.05) is 9.80 Å². The van der Waals surface area contributed by atoms with E-state index in [1.807, 2.05) is 0 Å². The fourth-order valence-corrected chi connectivity index (χ4v) is 7.19. The van der Waals surface area contributed by atoms with Crippen LogP contribution in [0.3, 0.4) is 0 Å². The van der Waals surface area contributed by atoms with Crippen molar-refractivity contribution < 1.29 is 0 Å². The number of anilines is 6. The summed E-state index contributed by atoms with van der Waals surface area (Å²) in [5.74, 6) is 0. The molecule has 2 nitrogen and oxygen atoms in total. The third-order valence-electron chi connectivity index (χ3n) is 10.4. The zero-order valence-electron chi connectivity index (χ0n) is 32.6. The number of fused-ring (bicyclic) bond motifs is 2. The number of hydrogen-bond acceptors (Lipinski definition) is 2. The van der Waals surface area contributed by atoms with Crippen molar-refractivity contribution in [1.82, 2.24) is 0 Å². The van der Waals surface area contributed by atoms with E-state index in [2.05, 4.69) is 212 Å². The fraction of sp³-hybridized carbons (Fsp3) is 0.240. The van der Waals surface area contributed by atoms with E-state index in [-0.39, 0.29) is 10.8 Å². The molecule has 0 spiro atoms. The van der Waals surface area contributed by atoms with Crippen LogP contribution in [0.15, 0.2) is 133 Å². The predicted octanol–water partition coefficient (Wildman–Crippen LogP) is 14.8. The summed E-state index contributed by atoms with van der Waals surface area (Å²) in [7, 11) is 0. The highest BCUT2D eigenvalue weighted by Gasteiger charge is 2.28. The highest BCUT2D eigenvalue weighted by Crippen LogP contribution is 2.52. The third-order valence-corrected chi connectivity index (χ3v) is 10.4. The molecule has 7 aromatic rings. The molecule has 0 saturated heterocycles. The molecule has 0 radical (unpaired) electrons. The van der Waals surface area contributed by atoms with Crippen LogP contribution in [0, 0.1) is 27.7 Å². The Hall–Kier alpha value is -5.34. The Morgan fingerprint density at radius 1 is 0.308 bits per heavy atom. The summed E-state index contributed by atoms with van der Waals surface area (Å²) in [6, 6.07) is 50.3. The van der Waals surface area contributed by atoms with Gasteiger partial charge in [-0.2, -0.15) is 0 Å². The molecule has 0 saturated carbocycles. The Kier molecular flexibility index (Phi) is 8.99. The quantitative estimate of drug-likeness (QED) is 0.127. The first kappa shape index (κ1) is 35.1. The Balaban J connectivity index is 1.71. The maximum Gasteiger partial charge on any atom is 0.0620 e. The Morgan fingerprint density at radius 3 is 0.808 bits per heavy atom. The van der Waals surface area contributed by atoms with E-state index in [0.717, 1.165) is 22.7 Å². The molecule has 0 bridgehead atoms. The lowest BCUT2D eigenvalue weighted by atomic mass is 9.82. The SMILES string of the molecule is Cc1ccc(N(c2ccc(C)cc2)c2c3ccc(C(C)(C)C)cc3c(N(c3ccc(C)cc3)c3ccc(C)cc3)c3cc(C(C)(C)C)ccc23)cc1. The molecule has 262 valence electrons. The van der Waals surface area contributed by atoms with Crippen LogP contribution < -0.4 is 9.80 Å². The Labute approximate surface area is 311 Å². The van der Waals surface area contributed by atoms with Gasteiger partial charge in [0, 0.05) is 44.3 Å². The van der Waals surface area contributed by atoms with Crippen molar-refractivity contribution in [3.05, 3.63) is 167 Å². The number of benzene rings is 7. The maximum absolute atomic E-state index is 2.49. The molecule has 0 aliphatic heterocycles. The zero-order valence-corrected chi connectivity index (χ0v) is 32.6. The van der Waals surface area contributed by atoms with Gasteiger partial charge in [-0.05, 0) is 110 Å². The minimum atomic E-state index is -0.0417. The Morgan fingerprint density at radius 2 is 0.558 bits per heavy atom. The molecule has 0 aliphatic carbocycles. The van der Waals surface area contributed by atoms with Crippen LogP contribution >= 0.6 is 0 Å². The highest BCUT2D eigenvalue weighted by atomic mass is 15.2. The van der Waals surface area contributed by atoms with E-state index >= 15 is 0 Å². The molecule has 0 amide bonds. The molecular formula is C50H52N2. The summed E-state index contributed by atoms with van der Waals surface area (Å²) in [5.41, 5.74) is 14.5. The van der Waals surface area contributed by atoms with Crippen LogP contribution in [-0.2, 0) is 10.8 Å². The first-order chi connectivity index (χ1) is 24.7. The fourth-order valence-electron chi connectivity index (χ4n) is 7.19. The number of aryl methyl sites for hydroxylation is 4. The van der Waals surface area contributed by atoms with E-state index in [1.54, 1.807) is 0 Å². The van der Waals surface area contributed by atoms with Crippen LogP contribution in [0.25, 0.3) is 21.5 Å². The average molecular weight is 681 g/mol. The van der Waals surface area contributed by atoms with Crippen LogP contribution in [0.5, 0.6) is 0 Å². The van der Waals surface area contributed by atoms with Crippen molar-refractivity contribution in [2.45, 2.75) is 80.1 Å². The van der Waals surface area contributed by atoms with Crippen LogP contribution in [-0.4, -0.2) is 0 Å². The van der Waals surface area contributed by atoms with Gasteiger partial charge in [0.2, 0.25) is 0 Å². The molecule has 0 aromatic heterocycles. The van der Waals surface area contributed by atoms with E-state index in [0.29, 0.717) is 0 Å². The standard InChI is InChI=1S/C50H52N2/c1-33-11-21-39(22-12-33)51(40-23-13-34(2)14-24-40)47-43-29-19-37(49(5,6)7)31-45(43)48(46-32-38(50(8,9)10)20-30-44(46)47)52(41-25-15-35(3)16-26-41)42-27-17-36(4)18-28-42/h11-32H,1-10H3. The molecule has 0 N–H and O–H groups in total. The van der Waals surface area contributed by atoms with Gasteiger partial charge in [0.15, 0.2) is 0 Å². The van der Waals surface area contributed by atoms with E-state index in [9.17, 15) is 0 Å². The van der Waals surface area contributed by atoms with Crippen molar-refractivity contribution in [3.63, 3.8) is 0 Å². The average Bonchev–Trinajstić information content (AvgIpc) is 3.11. The molecule has 0 fully saturated rings. The third kappa shape index (κ3) is 6.71. The second-order valence-corrected chi connectivity index (χ2v) is 16.7. The lowest BCUT2D eigenvalue weighted by molar-refractivity contribution is 0.591. The van der Waals surface area contributed by atoms with Gasteiger partial charge in [0.25, 0.3) is 0 Å². The summed E-state index contributed by atoms with van der Waals surface area (Å²) in [6.45, 7) is 22.5. The predicted molar refractivity (Wildman–Crippen MR) is 227 cm³/mol. The van der Waals surface area contributed by atoms with E-state index in [1.165, 1.54) is 66.3 Å². The van der Waals surface area contributed by atoms with Crippen LogP contribution in [0.1, 0.15) is 74.9 Å². The molecule has 0 unspecified atom stereocenters. The Bertz CT molecular complexity index is 2200. The molecule has 0 heterocycles. The molecule has 0 atom stereocenters. The summed E-state index contributed by atoms with van der Waals surface area (Å²) >= 11 is 0. The molecule has 7 rings (SSSR count). The summed E-state index contributed by atoms with van der Waals surface area (Å²) in [6.07, 6.45) is 0. The second kappa shape index (κ2) is 13.3. The number of hydrogen-bond donors (Lipinski definition) is 0. The summed E-state index contributed by atoms with van der Waals surface area (Å²) in [5, 5.41) is 4.88. The van der Waals surface area contributed by atoms with Gasteiger partial charge in [0.1, 0.15) is 0 Å². The molecule has 0 aliphatic rings. The lowest BCUT2D eigenvalue weighted by Gasteiger charge is -2.34. The van der Waals surface area contributed by atoms with Crippen LogP contribution in [0.4, 0.5) is 34.1 Å². The summed E-state index contributed by atoms with van der Waals surface area (Å²) in [4.78, 5) is 4.97. The van der Waals surface area contributed by atoms with E-state index in [4.69, 9.17) is 0 Å². The minimum Gasteiger partial charge on any atom is -0.309 e. The number of rotatable bonds is 6. The molecular weight excluding hydrogens is 629 g/mol. The highest BCUT2D eigenvalue weighted by molar-refractivity contribution is 6.23. The first-order valence-electron chi connectivity index (χ1n) is 18.6. The van der Waals surface area contributed by atoms with E-state index < -0.39 is 0 Å².